The Morgan fingerprint density at radius 2 is 2.00 bits per heavy atom. The van der Waals surface area contributed by atoms with Crippen molar-refractivity contribution in [3.63, 3.8) is 0 Å². The number of hydrogen-bond acceptors (Lipinski definition) is 7. The summed E-state index contributed by atoms with van der Waals surface area (Å²) in [5.74, 6) is 0.272. The molecule has 2 unspecified atom stereocenters. The van der Waals surface area contributed by atoms with Gasteiger partial charge in [-0.25, -0.2) is 0 Å². The molecule has 0 saturated carbocycles. The molecule has 2 fully saturated rings. The van der Waals surface area contributed by atoms with Crippen molar-refractivity contribution in [2.75, 3.05) is 18.9 Å². The highest BCUT2D eigenvalue weighted by atomic mass is 32.2. The zero-order valence-corrected chi connectivity index (χ0v) is 19.7. The summed E-state index contributed by atoms with van der Waals surface area (Å²) in [7, 11) is -3.67. The maximum Gasteiger partial charge on any atom is 0.305 e. The highest BCUT2D eigenvalue weighted by Crippen LogP contribution is 2.44. The van der Waals surface area contributed by atoms with Crippen LogP contribution in [-0.4, -0.2) is 70.1 Å². The summed E-state index contributed by atoms with van der Waals surface area (Å²) in [5, 5.41) is 0.0525. The molecule has 2 heterocycles. The molecule has 1 amide bonds. The third kappa shape index (κ3) is 5.46. The van der Waals surface area contributed by atoms with Crippen LogP contribution in [0.2, 0.25) is 39.3 Å². The van der Waals surface area contributed by atoms with E-state index in [0.29, 0.717) is 18.8 Å². The molecule has 152 valence electrons. The average Bonchev–Trinajstić information content (AvgIpc) is 2.54. The SMILES string of the molecule is C[Si](C)(C)NC1C(=O)N2CC(C=CCOC=O)(C(=O)O[Si](C)(C)C)CS[C@H]12. The molecule has 1 N–H and O–H groups in total. The lowest BCUT2D eigenvalue weighted by Crippen LogP contribution is -2.75. The first-order valence-electron chi connectivity index (χ1n) is 9.05. The Kier molecular flexibility index (Phi) is 6.65. The molecule has 0 spiro atoms. The lowest BCUT2D eigenvalue weighted by Gasteiger charge is -2.55. The molecule has 0 aromatic heterocycles. The van der Waals surface area contributed by atoms with E-state index < -0.39 is 22.0 Å². The zero-order valence-electron chi connectivity index (χ0n) is 16.9. The Balaban J connectivity index is 2.17. The van der Waals surface area contributed by atoms with Gasteiger partial charge < -0.3 is 19.0 Å². The van der Waals surface area contributed by atoms with E-state index in [1.165, 1.54) is 0 Å². The Hall–Kier alpha value is -1.11. The van der Waals surface area contributed by atoms with Gasteiger partial charge >= 0.3 is 5.97 Å². The van der Waals surface area contributed by atoms with Crippen molar-refractivity contribution in [2.45, 2.75) is 50.7 Å². The molecular formula is C17H30N2O5SSi2. The average molecular weight is 431 g/mol. The Bertz CT molecular complexity index is 632. The Labute approximate surface area is 167 Å². The number of nitrogens with zero attached hydrogens (tertiary/aromatic N) is 1. The smallest absolute Gasteiger partial charge is 0.305 e. The van der Waals surface area contributed by atoms with Crippen LogP contribution in [0.15, 0.2) is 12.2 Å². The highest BCUT2D eigenvalue weighted by molar-refractivity contribution is 8.00. The second-order valence-corrected chi connectivity index (χ2v) is 19.4. The number of β-lactam (4-membered cyclic amide) rings is 1. The largest absolute Gasteiger partial charge is 0.519 e. The van der Waals surface area contributed by atoms with Crippen LogP contribution in [0.3, 0.4) is 0 Å². The van der Waals surface area contributed by atoms with Gasteiger partial charge in [0.2, 0.25) is 14.2 Å². The second kappa shape index (κ2) is 8.10. The quantitative estimate of drug-likeness (QED) is 0.207. The summed E-state index contributed by atoms with van der Waals surface area (Å²) >= 11 is 1.61. The molecule has 0 aromatic carbocycles. The third-order valence-corrected chi connectivity index (χ3v) is 7.72. The number of hydrogen-bond donors (Lipinski definition) is 1. The number of carbonyl (C=O) groups is 3. The van der Waals surface area contributed by atoms with Crippen LogP contribution >= 0.6 is 11.8 Å². The second-order valence-electron chi connectivity index (χ2n) is 9.03. The van der Waals surface area contributed by atoms with Crippen LogP contribution in [0.4, 0.5) is 0 Å². The minimum absolute atomic E-state index is 0.0392. The molecule has 2 saturated heterocycles. The fourth-order valence-corrected chi connectivity index (χ4v) is 6.71. The molecule has 2 aliphatic rings. The van der Waals surface area contributed by atoms with Gasteiger partial charge in [0.15, 0.2) is 0 Å². The normalized spacial score (nSPS) is 28.5. The van der Waals surface area contributed by atoms with E-state index in [9.17, 15) is 14.4 Å². The van der Waals surface area contributed by atoms with E-state index in [1.54, 1.807) is 28.8 Å². The molecule has 10 heteroatoms. The van der Waals surface area contributed by atoms with Crippen molar-refractivity contribution in [3.8, 4) is 0 Å². The van der Waals surface area contributed by atoms with E-state index in [2.05, 4.69) is 24.6 Å². The Morgan fingerprint density at radius 3 is 2.56 bits per heavy atom. The first-order valence-corrected chi connectivity index (χ1v) is 17.0. The van der Waals surface area contributed by atoms with Crippen LogP contribution in [0.1, 0.15) is 0 Å². The first kappa shape index (κ1) is 22.2. The summed E-state index contributed by atoms with van der Waals surface area (Å²) < 4.78 is 10.5. The molecule has 7 nitrogen and oxygen atoms in total. The molecule has 3 atom stereocenters. The maximum absolute atomic E-state index is 13.0. The maximum atomic E-state index is 13.0. The van der Waals surface area contributed by atoms with Gasteiger partial charge in [-0.1, -0.05) is 31.8 Å². The number of fused-ring (bicyclic) bond motifs is 1. The molecule has 2 aliphatic heterocycles. The van der Waals surface area contributed by atoms with Gasteiger partial charge in [-0.15, -0.1) is 11.8 Å². The number of amides is 1. The molecule has 0 aliphatic carbocycles. The minimum atomic E-state index is -2.08. The molecule has 0 bridgehead atoms. The predicted molar refractivity (Wildman–Crippen MR) is 111 cm³/mol. The van der Waals surface area contributed by atoms with E-state index in [4.69, 9.17) is 9.16 Å². The van der Waals surface area contributed by atoms with Gasteiger partial charge in [0.05, 0.1) is 0 Å². The minimum Gasteiger partial charge on any atom is -0.519 e. The van der Waals surface area contributed by atoms with Crippen molar-refractivity contribution in [2.24, 2.45) is 5.41 Å². The monoisotopic (exact) mass is 430 g/mol. The van der Waals surface area contributed by atoms with E-state index >= 15 is 0 Å². The van der Waals surface area contributed by atoms with Crippen molar-refractivity contribution >= 4 is 46.7 Å². The highest BCUT2D eigenvalue weighted by Gasteiger charge is 2.57. The third-order valence-electron chi connectivity index (χ3n) is 4.20. The van der Waals surface area contributed by atoms with Crippen LogP contribution in [0.25, 0.3) is 0 Å². The van der Waals surface area contributed by atoms with Crippen molar-refractivity contribution in [3.05, 3.63) is 12.2 Å². The zero-order chi connectivity index (χ0) is 20.5. The molecule has 0 radical (unpaired) electrons. The first-order chi connectivity index (χ1) is 12.4. The predicted octanol–water partition coefficient (Wildman–Crippen LogP) is 1.79. The van der Waals surface area contributed by atoms with Crippen molar-refractivity contribution < 1.29 is 23.5 Å². The van der Waals surface area contributed by atoms with Gasteiger partial charge in [0, 0.05) is 12.3 Å². The van der Waals surface area contributed by atoms with E-state index in [1.807, 2.05) is 19.6 Å². The van der Waals surface area contributed by atoms with Crippen LogP contribution < -0.4 is 4.98 Å². The number of carbonyl (C=O) groups excluding carboxylic acids is 3. The lowest BCUT2D eigenvalue weighted by molar-refractivity contribution is -0.153. The lowest BCUT2D eigenvalue weighted by atomic mass is 9.87. The number of thioether (sulfide) groups is 1. The molecule has 27 heavy (non-hydrogen) atoms. The van der Waals surface area contributed by atoms with Crippen LogP contribution in [0, 0.1) is 5.41 Å². The fraction of sp³-hybridized carbons (Fsp3) is 0.706. The van der Waals surface area contributed by atoms with Crippen molar-refractivity contribution in [1.82, 2.24) is 9.88 Å². The molecule has 0 aromatic rings. The molecular weight excluding hydrogens is 400 g/mol. The number of rotatable bonds is 8. The summed E-state index contributed by atoms with van der Waals surface area (Å²) in [5.41, 5.74) is -0.909. The molecule has 2 rings (SSSR count). The van der Waals surface area contributed by atoms with Gasteiger partial charge in [-0.2, -0.15) is 0 Å². The van der Waals surface area contributed by atoms with Gasteiger partial charge in [-0.05, 0) is 19.6 Å². The topological polar surface area (TPSA) is 84.9 Å². The van der Waals surface area contributed by atoms with Gasteiger partial charge in [-0.3, -0.25) is 14.4 Å². The number of ether oxygens (including phenoxy) is 1. The van der Waals surface area contributed by atoms with E-state index in [-0.39, 0.29) is 29.9 Å². The Morgan fingerprint density at radius 1 is 1.33 bits per heavy atom. The van der Waals surface area contributed by atoms with Gasteiger partial charge in [0.25, 0.3) is 6.47 Å². The fourth-order valence-electron chi connectivity index (χ4n) is 3.10. The summed E-state index contributed by atoms with van der Waals surface area (Å²) in [6, 6.07) is -0.171. The standard InChI is InChI=1S/C17H30N2O5SSi2/c1-26(2,3)18-13-14(21)19-10-17(11-25-15(13)19,8-7-9-23-12-20)16(22)24-27(4,5)6/h7-8,12-13,15,18H,9-11H2,1-6H3/t13?,15-,17?/m1/s1. The van der Waals surface area contributed by atoms with Gasteiger partial charge in [0.1, 0.15) is 31.7 Å². The van der Waals surface area contributed by atoms with Crippen molar-refractivity contribution in [1.29, 1.82) is 0 Å². The number of nitrogens with one attached hydrogen (secondary N) is 1. The summed E-state index contributed by atoms with van der Waals surface area (Å²) in [6.45, 7) is 13.1. The van der Waals surface area contributed by atoms with Crippen LogP contribution in [0.5, 0.6) is 0 Å². The summed E-state index contributed by atoms with van der Waals surface area (Å²) in [4.78, 5) is 41.3. The van der Waals surface area contributed by atoms with Crippen LogP contribution in [-0.2, 0) is 23.5 Å². The van der Waals surface area contributed by atoms with E-state index in [0.717, 1.165) is 0 Å². The summed E-state index contributed by atoms with van der Waals surface area (Å²) in [6.07, 6.45) is 3.40.